The van der Waals surface area contributed by atoms with E-state index in [1.165, 1.54) is 0 Å². The van der Waals surface area contributed by atoms with Crippen molar-refractivity contribution >= 4 is 35.0 Å². The molecule has 0 aliphatic carbocycles. The fraction of sp³-hybridized carbons (Fsp3) is 0.500. The summed E-state index contributed by atoms with van der Waals surface area (Å²) in [6, 6.07) is 5.25. The van der Waals surface area contributed by atoms with Gasteiger partial charge in [-0.05, 0) is 37.5 Å². The number of hydrogen-bond acceptors (Lipinski definition) is 6. The molecule has 1 aromatic carbocycles. The Balaban J connectivity index is 1.48. The van der Waals surface area contributed by atoms with E-state index in [0.29, 0.717) is 50.2 Å². The maximum absolute atomic E-state index is 12.7. The van der Waals surface area contributed by atoms with Crippen LogP contribution in [0.3, 0.4) is 0 Å². The summed E-state index contributed by atoms with van der Waals surface area (Å²) in [5, 5.41) is 0. The van der Waals surface area contributed by atoms with E-state index in [-0.39, 0.29) is 42.0 Å². The van der Waals surface area contributed by atoms with Crippen LogP contribution < -0.4 is 5.73 Å². The standard InChI is InChI=1S/C20H25N3O5S/c1-2-27-18(25)12-28-15-5-7-22(8-6-15)17(24)11-23-10-14-9-13(19(21)29)3-4-16(14)20(23)26/h3-4,9,15H,2,5-8,10-12H2,1H3,(H2,21,29). The number of nitrogens with zero attached hydrogens (tertiary/aromatic N) is 2. The number of nitrogens with two attached hydrogens (primary N) is 1. The van der Waals surface area contributed by atoms with Gasteiger partial charge in [0, 0.05) is 30.8 Å². The monoisotopic (exact) mass is 419 g/mol. The Labute approximate surface area is 174 Å². The first kappa shape index (κ1) is 21.2. The molecule has 156 valence electrons. The van der Waals surface area contributed by atoms with Crippen LogP contribution in [0.4, 0.5) is 0 Å². The lowest BCUT2D eigenvalue weighted by Gasteiger charge is -2.32. The van der Waals surface area contributed by atoms with Crippen molar-refractivity contribution in [1.29, 1.82) is 0 Å². The van der Waals surface area contributed by atoms with Gasteiger partial charge in [-0.15, -0.1) is 0 Å². The van der Waals surface area contributed by atoms with Gasteiger partial charge in [0.1, 0.15) is 18.1 Å². The molecule has 9 heteroatoms. The number of hydrogen-bond donors (Lipinski definition) is 1. The second kappa shape index (κ2) is 9.32. The van der Waals surface area contributed by atoms with Crippen molar-refractivity contribution in [2.45, 2.75) is 32.4 Å². The minimum atomic E-state index is -0.378. The maximum atomic E-state index is 12.7. The van der Waals surface area contributed by atoms with Gasteiger partial charge < -0.3 is 25.0 Å². The molecule has 0 saturated carbocycles. The van der Waals surface area contributed by atoms with Gasteiger partial charge in [0.15, 0.2) is 0 Å². The van der Waals surface area contributed by atoms with Crippen molar-refractivity contribution in [3.8, 4) is 0 Å². The third kappa shape index (κ3) is 5.10. The summed E-state index contributed by atoms with van der Waals surface area (Å²) in [5.41, 5.74) is 7.79. The fourth-order valence-corrected chi connectivity index (χ4v) is 3.71. The molecular formula is C20H25N3O5S. The molecule has 2 aliphatic heterocycles. The van der Waals surface area contributed by atoms with E-state index in [2.05, 4.69) is 0 Å². The van der Waals surface area contributed by atoms with E-state index in [4.69, 9.17) is 27.4 Å². The van der Waals surface area contributed by atoms with Crippen LogP contribution in [0.25, 0.3) is 0 Å². The summed E-state index contributed by atoms with van der Waals surface area (Å²) in [5.74, 6) is -0.628. The van der Waals surface area contributed by atoms with Gasteiger partial charge in [0.05, 0.1) is 12.7 Å². The number of fused-ring (bicyclic) bond motifs is 1. The highest BCUT2D eigenvalue weighted by atomic mass is 32.1. The number of carbonyl (C=O) groups excluding carboxylic acids is 3. The van der Waals surface area contributed by atoms with E-state index in [0.717, 1.165) is 5.56 Å². The lowest BCUT2D eigenvalue weighted by atomic mass is 10.1. The molecule has 8 nitrogen and oxygen atoms in total. The van der Waals surface area contributed by atoms with Crippen LogP contribution in [0.5, 0.6) is 0 Å². The number of piperidine rings is 1. The smallest absolute Gasteiger partial charge is 0.332 e. The average Bonchev–Trinajstić information content (AvgIpc) is 3.01. The SMILES string of the molecule is CCOC(=O)COC1CCN(C(=O)CN2Cc3cc(C(N)=S)ccc3C2=O)CC1. The predicted molar refractivity (Wildman–Crippen MR) is 109 cm³/mol. The molecule has 29 heavy (non-hydrogen) atoms. The first-order valence-corrected chi connectivity index (χ1v) is 10.1. The van der Waals surface area contributed by atoms with Gasteiger partial charge in [0.25, 0.3) is 5.91 Å². The van der Waals surface area contributed by atoms with E-state index < -0.39 is 0 Å². The molecule has 1 saturated heterocycles. The number of benzene rings is 1. The molecule has 1 fully saturated rings. The molecule has 0 aromatic heterocycles. The zero-order valence-electron chi connectivity index (χ0n) is 16.4. The van der Waals surface area contributed by atoms with Gasteiger partial charge >= 0.3 is 5.97 Å². The van der Waals surface area contributed by atoms with Gasteiger partial charge in [0.2, 0.25) is 5.91 Å². The third-order valence-electron chi connectivity index (χ3n) is 5.13. The van der Waals surface area contributed by atoms with Crippen molar-refractivity contribution in [3.63, 3.8) is 0 Å². The molecule has 3 rings (SSSR count). The third-order valence-corrected chi connectivity index (χ3v) is 5.37. The summed E-state index contributed by atoms with van der Waals surface area (Å²) < 4.78 is 10.4. The molecule has 1 aromatic rings. The molecule has 2 N–H and O–H groups in total. The number of likely N-dealkylation sites (tertiary alicyclic amines) is 1. The maximum Gasteiger partial charge on any atom is 0.332 e. The highest BCUT2D eigenvalue weighted by molar-refractivity contribution is 7.80. The number of amides is 2. The molecule has 0 unspecified atom stereocenters. The van der Waals surface area contributed by atoms with Gasteiger partial charge in [-0.3, -0.25) is 9.59 Å². The van der Waals surface area contributed by atoms with Crippen LogP contribution in [0.2, 0.25) is 0 Å². The average molecular weight is 420 g/mol. The van der Waals surface area contributed by atoms with Crippen LogP contribution in [0.15, 0.2) is 18.2 Å². The Morgan fingerprint density at radius 1 is 1.28 bits per heavy atom. The topological polar surface area (TPSA) is 102 Å². The van der Waals surface area contributed by atoms with Crippen LogP contribution in [0, 0.1) is 0 Å². The predicted octanol–water partition coefficient (Wildman–Crippen LogP) is 0.847. The Hall–Kier alpha value is -2.52. The van der Waals surface area contributed by atoms with Crippen molar-refractivity contribution in [1.82, 2.24) is 9.80 Å². The summed E-state index contributed by atoms with van der Waals surface area (Å²) in [6.45, 7) is 3.48. The number of esters is 1. The van der Waals surface area contributed by atoms with Crippen LogP contribution >= 0.6 is 12.2 Å². The summed E-state index contributed by atoms with van der Waals surface area (Å²) in [4.78, 5) is 40.2. The van der Waals surface area contributed by atoms with Crippen molar-refractivity contribution < 1.29 is 23.9 Å². The summed E-state index contributed by atoms with van der Waals surface area (Å²) in [7, 11) is 0. The van der Waals surface area contributed by atoms with Gasteiger partial charge in [-0.25, -0.2) is 4.79 Å². The first-order valence-electron chi connectivity index (χ1n) is 9.66. The minimum absolute atomic E-state index is 0.0320. The zero-order chi connectivity index (χ0) is 21.0. The normalized spacial score (nSPS) is 16.7. The largest absolute Gasteiger partial charge is 0.464 e. The van der Waals surface area contributed by atoms with E-state index in [9.17, 15) is 14.4 Å². The Bertz CT molecular complexity index is 820. The van der Waals surface area contributed by atoms with E-state index in [1.54, 1.807) is 28.9 Å². The molecule has 0 radical (unpaired) electrons. The van der Waals surface area contributed by atoms with Crippen molar-refractivity contribution in [3.05, 3.63) is 34.9 Å². The van der Waals surface area contributed by atoms with E-state index >= 15 is 0 Å². The van der Waals surface area contributed by atoms with Crippen LogP contribution in [0.1, 0.15) is 41.3 Å². The Morgan fingerprint density at radius 3 is 2.66 bits per heavy atom. The van der Waals surface area contributed by atoms with Crippen molar-refractivity contribution in [2.24, 2.45) is 5.73 Å². The molecule has 2 aliphatic rings. The molecule has 0 spiro atoms. The van der Waals surface area contributed by atoms with Gasteiger partial charge in [-0.1, -0.05) is 18.3 Å². The first-order chi connectivity index (χ1) is 13.9. The minimum Gasteiger partial charge on any atom is -0.464 e. The number of thiocarbonyl (C=S) groups is 1. The Kier molecular flexibility index (Phi) is 6.81. The second-order valence-electron chi connectivity index (χ2n) is 7.09. The fourth-order valence-electron chi connectivity index (χ4n) is 3.59. The Morgan fingerprint density at radius 2 is 2.00 bits per heavy atom. The molecule has 0 bridgehead atoms. The number of carbonyl (C=O) groups is 3. The number of ether oxygens (including phenoxy) is 2. The molecule has 2 heterocycles. The number of rotatable bonds is 7. The quantitative estimate of drug-likeness (QED) is 0.516. The zero-order valence-corrected chi connectivity index (χ0v) is 17.2. The van der Waals surface area contributed by atoms with E-state index in [1.807, 2.05) is 6.07 Å². The highest BCUT2D eigenvalue weighted by Crippen LogP contribution is 2.24. The second-order valence-corrected chi connectivity index (χ2v) is 7.53. The van der Waals surface area contributed by atoms with Crippen LogP contribution in [-0.4, -0.2) is 71.5 Å². The summed E-state index contributed by atoms with van der Waals surface area (Å²) >= 11 is 4.99. The molecule has 0 atom stereocenters. The summed E-state index contributed by atoms with van der Waals surface area (Å²) in [6.07, 6.45) is 1.23. The molecular weight excluding hydrogens is 394 g/mol. The lowest BCUT2D eigenvalue weighted by Crippen LogP contribution is -2.45. The van der Waals surface area contributed by atoms with Gasteiger partial charge in [-0.2, -0.15) is 0 Å². The van der Waals surface area contributed by atoms with Crippen molar-refractivity contribution in [2.75, 3.05) is 32.8 Å². The lowest BCUT2D eigenvalue weighted by molar-refractivity contribution is -0.152. The highest BCUT2D eigenvalue weighted by Gasteiger charge is 2.31. The molecule has 2 amide bonds. The van der Waals surface area contributed by atoms with Crippen LogP contribution in [-0.2, 0) is 25.6 Å².